The summed E-state index contributed by atoms with van der Waals surface area (Å²) in [5.74, 6) is 0.812. The fourth-order valence-corrected chi connectivity index (χ4v) is 3.86. The van der Waals surface area contributed by atoms with Crippen molar-refractivity contribution in [2.24, 2.45) is 0 Å². The van der Waals surface area contributed by atoms with Gasteiger partial charge in [0.05, 0.1) is 12.2 Å². The zero-order valence-corrected chi connectivity index (χ0v) is 18.6. The molecule has 7 heteroatoms. The van der Waals surface area contributed by atoms with Crippen LogP contribution >= 0.6 is 0 Å². The molecule has 1 atom stereocenters. The van der Waals surface area contributed by atoms with Gasteiger partial charge in [-0.2, -0.15) is 0 Å². The molecule has 0 aliphatic carbocycles. The van der Waals surface area contributed by atoms with Gasteiger partial charge in [0.2, 0.25) is 5.91 Å². The van der Waals surface area contributed by atoms with E-state index in [1.165, 1.54) is 0 Å². The number of benzene rings is 1. The van der Waals surface area contributed by atoms with E-state index in [-0.39, 0.29) is 18.0 Å². The van der Waals surface area contributed by atoms with Gasteiger partial charge in [0.15, 0.2) is 0 Å². The number of carbonyl (C=O) groups excluding carboxylic acids is 2. The molecule has 0 N–H and O–H groups in total. The predicted octanol–water partition coefficient (Wildman–Crippen LogP) is 4.05. The Morgan fingerprint density at radius 3 is 2.68 bits per heavy atom. The van der Waals surface area contributed by atoms with Gasteiger partial charge in [0, 0.05) is 37.5 Å². The summed E-state index contributed by atoms with van der Waals surface area (Å²) in [7, 11) is 1.82. The van der Waals surface area contributed by atoms with Crippen LogP contribution < -0.4 is 9.64 Å². The molecule has 2 aliphatic rings. The van der Waals surface area contributed by atoms with E-state index in [9.17, 15) is 9.59 Å². The van der Waals surface area contributed by atoms with E-state index in [1.54, 1.807) is 16.0 Å². The monoisotopic (exact) mass is 423 g/mol. The molecule has 0 spiro atoms. The summed E-state index contributed by atoms with van der Waals surface area (Å²) in [4.78, 5) is 31.9. The van der Waals surface area contributed by atoms with Crippen molar-refractivity contribution in [2.45, 2.75) is 51.7 Å². The van der Waals surface area contributed by atoms with Crippen LogP contribution in [0.5, 0.6) is 5.75 Å². The highest BCUT2D eigenvalue weighted by Crippen LogP contribution is 2.32. The van der Waals surface area contributed by atoms with Gasteiger partial charge < -0.3 is 19.3 Å². The van der Waals surface area contributed by atoms with Crippen LogP contribution in [0.3, 0.4) is 0 Å². The molecule has 0 saturated carbocycles. The minimum absolute atomic E-state index is 0.00956. The number of likely N-dealkylation sites (tertiary alicyclic amines) is 1. The van der Waals surface area contributed by atoms with Crippen molar-refractivity contribution in [3.05, 3.63) is 42.2 Å². The Labute approximate surface area is 183 Å². The van der Waals surface area contributed by atoms with Gasteiger partial charge in [-0.1, -0.05) is 6.07 Å². The van der Waals surface area contributed by atoms with E-state index < -0.39 is 5.60 Å². The van der Waals surface area contributed by atoms with Gasteiger partial charge in [-0.25, -0.2) is 4.79 Å². The summed E-state index contributed by atoms with van der Waals surface area (Å²) in [5, 5.41) is 0. The third-order valence-corrected chi connectivity index (χ3v) is 5.68. The Kier molecular flexibility index (Phi) is 5.60. The van der Waals surface area contributed by atoms with Crippen LogP contribution in [0.1, 0.15) is 39.2 Å². The maximum atomic E-state index is 12.3. The van der Waals surface area contributed by atoms with Gasteiger partial charge in [-0.15, -0.1) is 0 Å². The summed E-state index contributed by atoms with van der Waals surface area (Å²) < 4.78 is 11.4. The van der Waals surface area contributed by atoms with Crippen LogP contribution in [0.15, 0.2) is 36.7 Å². The molecule has 164 valence electrons. The second-order valence-corrected chi connectivity index (χ2v) is 9.13. The summed E-state index contributed by atoms with van der Waals surface area (Å²) in [6.45, 7) is 6.69. The molecule has 0 radical (unpaired) electrons. The number of anilines is 1. The van der Waals surface area contributed by atoms with E-state index in [0.29, 0.717) is 25.3 Å². The molecule has 2 aliphatic heterocycles. The maximum absolute atomic E-state index is 12.3. The number of aryl methyl sites for hydroxylation is 1. The molecule has 1 aromatic carbocycles. The van der Waals surface area contributed by atoms with Crippen molar-refractivity contribution in [2.75, 3.05) is 25.1 Å². The molecule has 1 saturated heterocycles. The lowest BCUT2D eigenvalue weighted by molar-refractivity contribution is -0.118. The normalized spacial score (nSPS) is 18.3. The molecule has 0 bridgehead atoms. The van der Waals surface area contributed by atoms with Crippen molar-refractivity contribution >= 4 is 17.7 Å². The Morgan fingerprint density at radius 1 is 1.16 bits per heavy atom. The summed E-state index contributed by atoms with van der Waals surface area (Å²) in [5.41, 5.74) is 3.62. The third-order valence-electron chi connectivity index (χ3n) is 5.68. The second-order valence-electron chi connectivity index (χ2n) is 9.13. The quantitative estimate of drug-likeness (QED) is 0.742. The third kappa shape index (κ3) is 4.65. The Morgan fingerprint density at radius 2 is 1.97 bits per heavy atom. The van der Waals surface area contributed by atoms with Crippen LogP contribution in [0, 0.1) is 0 Å². The lowest BCUT2D eigenvalue weighted by atomic mass is 9.97. The smallest absolute Gasteiger partial charge is 0.410 e. The maximum Gasteiger partial charge on any atom is 0.410 e. The van der Waals surface area contributed by atoms with Crippen molar-refractivity contribution in [3.8, 4) is 16.9 Å². The first-order chi connectivity index (χ1) is 14.7. The zero-order chi connectivity index (χ0) is 22.2. The van der Waals surface area contributed by atoms with Gasteiger partial charge in [-0.05, 0) is 62.9 Å². The number of ether oxygens (including phenoxy) is 2. The number of rotatable bonds is 4. The number of nitrogens with zero attached hydrogens (tertiary/aromatic N) is 3. The molecule has 1 aromatic heterocycles. The van der Waals surface area contributed by atoms with Crippen LogP contribution in [0.25, 0.3) is 11.1 Å². The van der Waals surface area contributed by atoms with Crippen molar-refractivity contribution in [1.82, 2.24) is 9.88 Å². The molecular weight excluding hydrogens is 394 g/mol. The van der Waals surface area contributed by atoms with Gasteiger partial charge in [0.25, 0.3) is 0 Å². The minimum Gasteiger partial charge on any atom is -0.490 e. The molecule has 2 amide bonds. The highest BCUT2D eigenvalue weighted by molar-refractivity contribution is 5.96. The molecule has 0 unspecified atom stereocenters. The van der Waals surface area contributed by atoms with Crippen LogP contribution in [-0.4, -0.2) is 53.7 Å². The number of hydrogen-bond acceptors (Lipinski definition) is 5. The molecule has 31 heavy (non-hydrogen) atoms. The number of amides is 2. The fraction of sp³-hybridized carbons (Fsp3) is 0.458. The van der Waals surface area contributed by atoms with Crippen molar-refractivity contribution < 1.29 is 19.1 Å². The number of fused-ring (bicyclic) bond motifs is 1. The van der Waals surface area contributed by atoms with E-state index in [1.807, 2.05) is 52.2 Å². The topological polar surface area (TPSA) is 72.0 Å². The average Bonchev–Trinajstić information content (AvgIpc) is 2.68. The standard InChI is InChI=1S/C24H29N3O4/c1-24(2,3)31-23(29)27-10-9-19(27)15-30-20-12-18(13-25-14-20)16-5-7-21-17(11-16)6-8-22(28)26(21)4/h5,7,11-14,19H,6,8-10,15H2,1-4H3/t19-/m0/s1. The molecule has 2 aromatic rings. The summed E-state index contributed by atoms with van der Waals surface area (Å²) >= 11 is 0. The first-order valence-electron chi connectivity index (χ1n) is 10.7. The van der Waals surface area contributed by atoms with Gasteiger partial charge >= 0.3 is 6.09 Å². The molecule has 3 heterocycles. The number of hydrogen-bond donors (Lipinski definition) is 0. The van der Waals surface area contributed by atoms with Gasteiger partial charge in [0.1, 0.15) is 18.0 Å². The van der Waals surface area contributed by atoms with E-state index in [4.69, 9.17) is 9.47 Å². The van der Waals surface area contributed by atoms with Crippen LogP contribution in [-0.2, 0) is 16.0 Å². The minimum atomic E-state index is -0.507. The van der Waals surface area contributed by atoms with Crippen molar-refractivity contribution in [1.29, 1.82) is 0 Å². The molecular formula is C24H29N3O4. The highest BCUT2D eigenvalue weighted by atomic mass is 16.6. The molecule has 1 fully saturated rings. The molecule has 7 nitrogen and oxygen atoms in total. The van der Waals surface area contributed by atoms with Crippen LogP contribution in [0.2, 0.25) is 0 Å². The lowest BCUT2D eigenvalue weighted by Crippen LogP contribution is -2.55. The molecule has 4 rings (SSSR count). The summed E-state index contributed by atoms with van der Waals surface area (Å²) in [6, 6.07) is 8.08. The number of aromatic nitrogens is 1. The predicted molar refractivity (Wildman–Crippen MR) is 118 cm³/mol. The SMILES string of the molecule is CN1C(=O)CCc2cc(-c3cncc(OC[C@@H]4CCN4C(=O)OC(C)(C)C)c3)ccc21. The largest absolute Gasteiger partial charge is 0.490 e. The Bertz CT molecular complexity index is 999. The highest BCUT2D eigenvalue weighted by Gasteiger charge is 2.35. The van der Waals surface area contributed by atoms with E-state index >= 15 is 0 Å². The number of carbonyl (C=O) groups is 2. The zero-order valence-electron chi connectivity index (χ0n) is 18.6. The summed E-state index contributed by atoms with van der Waals surface area (Å²) in [6.07, 6.45) is 5.37. The first kappa shape index (κ1) is 21.2. The van der Waals surface area contributed by atoms with Crippen LogP contribution in [0.4, 0.5) is 10.5 Å². The van der Waals surface area contributed by atoms with E-state index in [2.05, 4.69) is 11.1 Å². The van der Waals surface area contributed by atoms with Crippen molar-refractivity contribution in [3.63, 3.8) is 0 Å². The fourth-order valence-electron chi connectivity index (χ4n) is 3.86. The van der Waals surface area contributed by atoms with Gasteiger partial charge in [-0.3, -0.25) is 9.78 Å². The Hall–Kier alpha value is -3.09. The van der Waals surface area contributed by atoms with E-state index in [0.717, 1.165) is 35.2 Å². The first-order valence-corrected chi connectivity index (χ1v) is 10.7. The second kappa shape index (κ2) is 8.21. The average molecular weight is 424 g/mol. The number of pyridine rings is 1. The lowest BCUT2D eigenvalue weighted by Gasteiger charge is -2.40. The Balaban J connectivity index is 1.42.